The lowest BCUT2D eigenvalue weighted by molar-refractivity contribution is -0.119. The topological polar surface area (TPSA) is 80.9 Å². The van der Waals surface area contributed by atoms with Gasteiger partial charge in [0.25, 0.3) is 5.22 Å². The lowest BCUT2D eigenvalue weighted by Crippen LogP contribution is -2.28. The van der Waals surface area contributed by atoms with Crippen LogP contribution in [-0.4, -0.2) is 26.8 Å². The van der Waals surface area contributed by atoms with Gasteiger partial charge >= 0.3 is 0 Å². The minimum Gasteiger partial charge on any atom is -0.411 e. The van der Waals surface area contributed by atoms with Crippen molar-refractivity contribution in [2.75, 3.05) is 5.75 Å². The van der Waals surface area contributed by atoms with Crippen molar-refractivity contribution in [2.45, 2.75) is 18.2 Å². The summed E-state index contributed by atoms with van der Waals surface area (Å²) < 4.78 is 5.53. The van der Waals surface area contributed by atoms with Crippen LogP contribution in [0.15, 0.2) is 52.4 Å². The molecule has 3 aromatic rings. The van der Waals surface area contributed by atoms with E-state index >= 15 is 0 Å². The summed E-state index contributed by atoms with van der Waals surface area (Å²) in [5.41, 5.74) is 1.52. The zero-order valence-electron chi connectivity index (χ0n) is 13.6. The van der Waals surface area contributed by atoms with Crippen molar-refractivity contribution in [2.24, 2.45) is 0 Å². The Morgan fingerprint density at radius 1 is 1.31 bits per heavy atom. The standard InChI is InChI=1S/C17H14Cl2N4O2S/c1-10(13-5-4-12(18)7-14(13)19)21-15(24)9-26-17-23-22-16(25-17)11-3-2-6-20-8-11/h2-8,10H,9H2,1H3,(H,21,24)/t10-/m1/s1. The Hall–Kier alpha value is -2.09. The molecule has 0 saturated carbocycles. The number of carbonyl (C=O) groups excluding carboxylic acids is 1. The summed E-state index contributed by atoms with van der Waals surface area (Å²) in [5.74, 6) is 0.335. The van der Waals surface area contributed by atoms with E-state index in [0.717, 1.165) is 22.9 Å². The van der Waals surface area contributed by atoms with Crippen molar-refractivity contribution in [1.29, 1.82) is 0 Å². The SMILES string of the molecule is C[C@@H](NC(=O)CSc1nnc(-c2cccnc2)o1)c1ccc(Cl)cc1Cl. The summed E-state index contributed by atoms with van der Waals surface area (Å²) in [6.07, 6.45) is 3.29. The van der Waals surface area contributed by atoms with Gasteiger partial charge in [-0.3, -0.25) is 9.78 Å². The molecule has 1 amide bonds. The summed E-state index contributed by atoms with van der Waals surface area (Å²) in [6.45, 7) is 1.85. The molecule has 1 N–H and O–H groups in total. The van der Waals surface area contributed by atoms with Crippen LogP contribution in [0.1, 0.15) is 18.5 Å². The molecule has 0 aliphatic carbocycles. The van der Waals surface area contributed by atoms with Gasteiger partial charge in [-0.1, -0.05) is 41.0 Å². The van der Waals surface area contributed by atoms with Crippen LogP contribution in [0.2, 0.25) is 10.0 Å². The van der Waals surface area contributed by atoms with Crippen LogP contribution >= 0.6 is 35.0 Å². The van der Waals surface area contributed by atoms with Crippen molar-refractivity contribution in [3.05, 3.63) is 58.3 Å². The molecule has 2 aromatic heterocycles. The van der Waals surface area contributed by atoms with Gasteiger partial charge in [-0.2, -0.15) is 0 Å². The van der Waals surface area contributed by atoms with Gasteiger partial charge in [0.15, 0.2) is 0 Å². The summed E-state index contributed by atoms with van der Waals surface area (Å²) in [7, 11) is 0. The Kier molecular flexibility index (Phi) is 6.13. The first-order valence-electron chi connectivity index (χ1n) is 7.64. The molecule has 0 aliphatic rings. The molecule has 0 bridgehead atoms. The van der Waals surface area contributed by atoms with Gasteiger partial charge in [-0.25, -0.2) is 0 Å². The highest BCUT2D eigenvalue weighted by atomic mass is 35.5. The molecule has 2 heterocycles. The molecule has 0 unspecified atom stereocenters. The number of hydrogen-bond acceptors (Lipinski definition) is 6. The largest absolute Gasteiger partial charge is 0.411 e. The van der Waals surface area contributed by atoms with Crippen LogP contribution in [0, 0.1) is 0 Å². The quantitative estimate of drug-likeness (QED) is 0.608. The maximum atomic E-state index is 12.2. The highest BCUT2D eigenvalue weighted by Crippen LogP contribution is 2.26. The number of carbonyl (C=O) groups is 1. The lowest BCUT2D eigenvalue weighted by Gasteiger charge is -2.15. The zero-order valence-corrected chi connectivity index (χ0v) is 16.0. The summed E-state index contributed by atoms with van der Waals surface area (Å²) in [6, 6.07) is 8.53. The van der Waals surface area contributed by atoms with E-state index in [0.29, 0.717) is 21.2 Å². The second-order valence-electron chi connectivity index (χ2n) is 5.36. The predicted octanol–water partition coefficient (Wildman–Crippen LogP) is 4.41. The first-order chi connectivity index (χ1) is 12.5. The van der Waals surface area contributed by atoms with Crippen LogP contribution in [0.4, 0.5) is 0 Å². The fraction of sp³-hybridized carbons (Fsp3) is 0.176. The zero-order chi connectivity index (χ0) is 18.5. The number of amides is 1. The van der Waals surface area contributed by atoms with Gasteiger partial charge in [0, 0.05) is 22.4 Å². The summed E-state index contributed by atoms with van der Waals surface area (Å²) in [4.78, 5) is 16.2. The van der Waals surface area contributed by atoms with E-state index in [2.05, 4.69) is 20.5 Å². The minimum atomic E-state index is -0.249. The van der Waals surface area contributed by atoms with Crippen molar-refractivity contribution < 1.29 is 9.21 Å². The maximum absolute atomic E-state index is 12.2. The molecule has 6 nitrogen and oxygen atoms in total. The fourth-order valence-corrected chi connectivity index (χ4v) is 3.36. The van der Waals surface area contributed by atoms with Crippen molar-refractivity contribution in [3.8, 4) is 11.5 Å². The van der Waals surface area contributed by atoms with E-state index in [1.807, 2.05) is 13.0 Å². The van der Waals surface area contributed by atoms with Gasteiger partial charge in [0.05, 0.1) is 17.4 Å². The Bertz CT molecular complexity index is 905. The van der Waals surface area contributed by atoms with E-state index in [4.69, 9.17) is 27.6 Å². The molecule has 26 heavy (non-hydrogen) atoms. The Morgan fingerprint density at radius 3 is 2.88 bits per heavy atom. The molecule has 1 aromatic carbocycles. The Balaban J connectivity index is 1.55. The molecule has 134 valence electrons. The number of nitrogens with zero attached hydrogens (tertiary/aromatic N) is 3. The molecule has 0 saturated heterocycles. The van der Waals surface area contributed by atoms with Gasteiger partial charge in [-0.05, 0) is 36.8 Å². The van der Waals surface area contributed by atoms with Crippen LogP contribution < -0.4 is 5.32 Å². The Labute approximate surface area is 164 Å². The number of thioether (sulfide) groups is 1. The second kappa shape index (κ2) is 8.53. The number of nitrogens with one attached hydrogen (secondary N) is 1. The number of benzene rings is 1. The molecular formula is C17H14Cl2N4O2S. The van der Waals surface area contributed by atoms with Crippen molar-refractivity contribution in [3.63, 3.8) is 0 Å². The summed E-state index contributed by atoms with van der Waals surface area (Å²) >= 11 is 13.2. The van der Waals surface area contributed by atoms with E-state index in [1.165, 1.54) is 0 Å². The van der Waals surface area contributed by atoms with Gasteiger partial charge in [-0.15, -0.1) is 10.2 Å². The first kappa shape index (κ1) is 18.7. The molecule has 9 heteroatoms. The third-order valence-corrected chi connectivity index (χ3v) is 4.83. The van der Waals surface area contributed by atoms with Crippen LogP contribution in [-0.2, 0) is 4.79 Å². The summed E-state index contributed by atoms with van der Waals surface area (Å²) in [5, 5.41) is 12.1. The highest BCUT2D eigenvalue weighted by molar-refractivity contribution is 7.99. The van der Waals surface area contributed by atoms with E-state index in [1.54, 1.807) is 36.7 Å². The maximum Gasteiger partial charge on any atom is 0.277 e. The predicted molar refractivity (Wildman–Crippen MR) is 101 cm³/mol. The number of halogens is 2. The second-order valence-corrected chi connectivity index (χ2v) is 7.13. The van der Waals surface area contributed by atoms with Crippen molar-refractivity contribution >= 4 is 40.9 Å². The van der Waals surface area contributed by atoms with Crippen LogP contribution in [0.5, 0.6) is 0 Å². The minimum absolute atomic E-state index is 0.143. The lowest BCUT2D eigenvalue weighted by atomic mass is 10.1. The monoisotopic (exact) mass is 408 g/mol. The average molecular weight is 409 g/mol. The number of pyridine rings is 1. The molecule has 1 atom stereocenters. The normalized spacial score (nSPS) is 12.0. The van der Waals surface area contributed by atoms with Gasteiger partial charge < -0.3 is 9.73 Å². The third-order valence-electron chi connectivity index (χ3n) is 3.45. The van der Waals surface area contributed by atoms with Crippen LogP contribution in [0.3, 0.4) is 0 Å². The van der Waals surface area contributed by atoms with E-state index in [-0.39, 0.29) is 17.7 Å². The average Bonchev–Trinajstić information content (AvgIpc) is 3.09. The van der Waals surface area contributed by atoms with E-state index in [9.17, 15) is 4.79 Å². The number of rotatable bonds is 6. The molecule has 0 spiro atoms. The van der Waals surface area contributed by atoms with E-state index < -0.39 is 0 Å². The van der Waals surface area contributed by atoms with Crippen molar-refractivity contribution in [1.82, 2.24) is 20.5 Å². The van der Waals surface area contributed by atoms with Crippen LogP contribution in [0.25, 0.3) is 11.5 Å². The number of aromatic nitrogens is 3. The highest BCUT2D eigenvalue weighted by Gasteiger charge is 2.15. The van der Waals surface area contributed by atoms with Gasteiger partial charge in [0.2, 0.25) is 11.8 Å². The van der Waals surface area contributed by atoms with Gasteiger partial charge in [0.1, 0.15) is 0 Å². The molecule has 3 rings (SSSR count). The smallest absolute Gasteiger partial charge is 0.277 e. The third kappa shape index (κ3) is 4.75. The first-order valence-corrected chi connectivity index (χ1v) is 9.38. The fourth-order valence-electron chi connectivity index (χ4n) is 2.21. The molecule has 0 aliphatic heterocycles. The number of hydrogen-bond donors (Lipinski definition) is 1. The molecule has 0 fully saturated rings. The Morgan fingerprint density at radius 2 is 2.15 bits per heavy atom. The molecule has 0 radical (unpaired) electrons. The molecular weight excluding hydrogens is 395 g/mol.